The van der Waals surface area contributed by atoms with E-state index in [0.717, 1.165) is 65.2 Å². The van der Waals surface area contributed by atoms with Gasteiger partial charge >= 0.3 is 0 Å². The smallest absolute Gasteiger partial charge is 0.216 e. The van der Waals surface area contributed by atoms with Crippen molar-refractivity contribution >= 4 is 29.4 Å². The summed E-state index contributed by atoms with van der Waals surface area (Å²) in [5, 5.41) is 6.61. The first-order valence-corrected chi connectivity index (χ1v) is 22.0. The zero-order chi connectivity index (χ0) is 35.6. The summed E-state index contributed by atoms with van der Waals surface area (Å²) in [7, 11) is 0. The molecule has 6 rings (SSSR count). The molecule has 0 bridgehead atoms. The SMILES string of the molecule is CC(=O)NCC1(c2ccc(SCCCN3CCCC3)cc2)CCOCC1.CCNCC1(c2ccc(SCCCN3CCCC3)cc2)CCOCC1. The second kappa shape index (κ2) is 21.9. The fourth-order valence-electron chi connectivity index (χ4n) is 8.10. The van der Waals surface area contributed by atoms with Crippen molar-refractivity contribution in [3.05, 3.63) is 59.7 Å². The van der Waals surface area contributed by atoms with Gasteiger partial charge in [0.2, 0.25) is 5.91 Å². The van der Waals surface area contributed by atoms with Crippen molar-refractivity contribution < 1.29 is 14.3 Å². The molecule has 0 atom stereocenters. The highest BCUT2D eigenvalue weighted by Gasteiger charge is 2.35. The highest BCUT2D eigenvalue weighted by Crippen LogP contribution is 2.37. The van der Waals surface area contributed by atoms with E-state index in [9.17, 15) is 4.79 Å². The van der Waals surface area contributed by atoms with Crippen LogP contribution in [0.2, 0.25) is 0 Å². The Labute approximate surface area is 318 Å². The van der Waals surface area contributed by atoms with Gasteiger partial charge in [0.15, 0.2) is 0 Å². The van der Waals surface area contributed by atoms with Crippen LogP contribution in [0.4, 0.5) is 0 Å². The molecule has 0 unspecified atom stereocenters. The average molecular weight is 739 g/mol. The van der Waals surface area contributed by atoms with Crippen LogP contribution in [0.15, 0.2) is 58.3 Å². The van der Waals surface area contributed by atoms with E-state index in [0.29, 0.717) is 6.54 Å². The summed E-state index contributed by atoms with van der Waals surface area (Å²) in [6, 6.07) is 18.4. The van der Waals surface area contributed by atoms with Crippen LogP contribution >= 0.6 is 23.5 Å². The van der Waals surface area contributed by atoms with Crippen molar-refractivity contribution in [1.29, 1.82) is 0 Å². The molecule has 0 saturated carbocycles. The number of thioether (sulfide) groups is 2. The molecule has 2 N–H and O–H groups in total. The molecule has 4 aliphatic heterocycles. The fraction of sp³-hybridized carbons (Fsp3) is 0.690. The maximum Gasteiger partial charge on any atom is 0.216 e. The lowest BCUT2D eigenvalue weighted by atomic mass is 9.74. The van der Waals surface area contributed by atoms with E-state index in [1.54, 1.807) is 6.92 Å². The first-order valence-electron chi connectivity index (χ1n) is 20.0. The molecule has 0 aliphatic carbocycles. The molecule has 284 valence electrons. The molecular formula is C42H66N4O3S2. The average Bonchev–Trinajstić information content (AvgIpc) is 3.90. The van der Waals surface area contributed by atoms with Gasteiger partial charge in [-0.25, -0.2) is 0 Å². The molecule has 4 aliphatic rings. The summed E-state index contributed by atoms with van der Waals surface area (Å²) < 4.78 is 11.2. The molecule has 0 aromatic heterocycles. The maximum absolute atomic E-state index is 11.4. The number of nitrogens with one attached hydrogen (secondary N) is 2. The lowest BCUT2D eigenvalue weighted by Crippen LogP contribution is -2.44. The maximum atomic E-state index is 11.4. The molecule has 9 heteroatoms. The standard InChI is InChI=1S/C21H32N2O2S.C21H34N2OS/c1-18(24)22-17-21(9-14-25-15-10-21)19-5-7-20(8-6-19)26-16-4-13-23-11-2-3-12-23;1-2-22-18-21(10-15-24-16-11-21)19-6-8-20(9-7-19)25-17-5-14-23-12-3-4-13-23/h5-8H,2-4,9-17H2,1H3,(H,22,24);6-9,22H,2-5,10-18H2,1H3. The summed E-state index contributed by atoms with van der Waals surface area (Å²) in [6.07, 6.45) is 12.3. The third kappa shape index (κ3) is 13.0. The van der Waals surface area contributed by atoms with Crippen LogP contribution in [0.25, 0.3) is 0 Å². The Morgan fingerprint density at radius 2 is 1.08 bits per heavy atom. The number of hydrogen-bond acceptors (Lipinski definition) is 8. The van der Waals surface area contributed by atoms with Crippen LogP contribution < -0.4 is 10.6 Å². The lowest BCUT2D eigenvalue weighted by Gasteiger charge is -2.38. The highest BCUT2D eigenvalue weighted by atomic mass is 32.2. The van der Waals surface area contributed by atoms with Crippen LogP contribution in [-0.2, 0) is 25.1 Å². The van der Waals surface area contributed by atoms with E-state index in [4.69, 9.17) is 9.47 Å². The number of amides is 1. The van der Waals surface area contributed by atoms with Gasteiger partial charge in [0.1, 0.15) is 0 Å². The molecule has 1 amide bonds. The second-order valence-corrected chi connectivity index (χ2v) is 17.4. The third-order valence-corrected chi connectivity index (χ3v) is 13.6. The van der Waals surface area contributed by atoms with Gasteiger partial charge in [-0.05, 0) is 157 Å². The first kappa shape index (κ1) is 40.6. The van der Waals surface area contributed by atoms with Gasteiger partial charge in [-0.3, -0.25) is 4.79 Å². The van der Waals surface area contributed by atoms with E-state index < -0.39 is 0 Å². The van der Waals surface area contributed by atoms with Gasteiger partial charge in [-0.2, -0.15) is 0 Å². The van der Waals surface area contributed by atoms with Crippen LogP contribution in [0.5, 0.6) is 0 Å². The summed E-state index contributed by atoms with van der Waals surface area (Å²) in [5.74, 6) is 2.45. The minimum atomic E-state index is 0.0167. The Hall–Kier alpha value is -1.59. The van der Waals surface area contributed by atoms with Gasteiger partial charge in [-0.1, -0.05) is 31.2 Å². The van der Waals surface area contributed by atoms with E-state index in [1.165, 1.54) is 110 Å². The number of rotatable bonds is 17. The Kier molecular flexibility index (Phi) is 17.5. The topological polar surface area (TPSA) is 66.1 Å². The van der Waals surface area contributed by atoms with Crippen LogP contribution in [0.1, 0.15) is 89.2 Å². The highest BCUT2D eigenvalue weighted by molar-refractivity contribution is 7.99. The van der Waals surface area contributed by atoms with Gasteiger partial charge < -0.3 is 29.9 Å². The fourth-order valence-corrected chi connectivity index (χ4v) is 9.77. The largest absolute Gasteiger partial charge is 0.381 e. The quantitative estimate of drug-likeness (QED) is 0.129. The summed E-state index contributed by atoms with van der Waals surface area (Å²) >= 11 is 3.96. The van der Waals surface area contributed by atoms with Gasteiger partial charge in [0, 0.05) is 67.1 Å². The first-order chi connectivity index (χ1) is 25.0. The number of ether oxygens (including phenoxy) is 2. The molecule has 51 heavy (non-hydrogen) atoms. The zero-order valence-corrected chi connectivity index (χ0v) is 33.4. The number of carbonyl (C=O) groups is 1. The summed E-state index contributed by atoms with van der Waals surface area (Å²) in [5.41, 5.74) is 3.09. The molecule has 4 heterocycles. The monoisotopic (exact) mass is 738 g/mol. The molecule has 7 nitrogen and oxygen atoms in total. The summed E-state index contributed by atoms with van der Waals surface area (Å²) in [6.45, 7) is 17.6. The van der Waals surface area contributed by atoms with E-state index in [1.807, 2.05) is 23.5 Å². The number of carbonyl (C=O) groups excluding carboxylic acids is 1. The van der Waals surface area contributed by atoms with E-state index in [-0.39, 0.29) is 16.7 Å². The van der Waals surface area contributed by atoms with Crippen LogP contribution in [0, 0.1) is 0 Å². The molecule has 4 fully saturated rings. The number of nitrogens with zero attached hydrogens (tertiary/aromatic N) is 2. The predicted molar refractivity (Wildman–Crippen MR) is 216 cm³/mol. The molecule has 2 aromatic rings. The Morgan fingerprint density at radius 1 is 0.667 bits per heavy atom. The molecule has 4 saturated heterocycles. The summed E-state index contributed by atoms with van der Waals surface area (Å²) in [4.78, 5) is 19.4. The molecule has 0 spiro atoms. The third-order valence-electron chi connectivity index (χ3n) is 11.4. The van der Waals surface area contributed by atoms with Crippen molar-refractivity contribution in [2.24, 2.45) is 0 Å². The number of benzene rings is 2. The number of likely N-dealkylation sites (tertiary alicyclic amines) is 2. The molecular weight excluding hydrogens is 673 g/mol. The Morgan fingerprint density at radius 3 is 1.47 bits per heavy atom. The minimum Gasteiger partial charge on any atom is -0.381 e. The minimum absolute atomic E-state index is 0.0167. The van der Waals surface area contributed by atoms with Gasteiger partial charge in [0.05, 0.1) is 0 Å². The van der Waals surface area contributed by atoms with Crippen molar-refractivity contribution in [2.75, 3.05) is 96.8 Å². The Bertz CT molecular complexity index is 1250. The van der Waals surface area contributed by atoms with Crippen molar-refractivity contribution in [2.45, 2.75) is 98.7 Å². The predicted octanol–water partition coefficient (Wildman–Crippen LogP) is 7.37. The number of hydrogen-bond donors (Lipinski definition) is 2. The Balaban J connectivity index is 0.000000198. The lowest BCUT2D eigenvalue weighted by molar-refractivity contribution is -0.119. The van der Waals surface area contributed by atoms with Crippen LogP contribution in [-0.4, -0.2) is 113 Å². The van der Waals surface area contributed by atoms with Crippen molar-refractivity contribution in [1.82, 2.24) is 20.4 Å². The van der Waals surface area contributed by atoms with E-state index in [2.05, 4.69) is 75.9 Å². The second-order valence-electron chi connectivity index (χ2n) is 15.0. The van der Waals surface area contributed by atoms with Crippen LogP contribution in [0.3, 0.4) is 0 Å². The van der Waals surface area contributed by atoms with Crippen molar-refractivity contribution in [3.63, 3.8) is 0 Å². The van der Waals surface area contributed by atoms with Gasteiger partial charge in [0.25, 0.3) is 0 Å². The van der Waals surface area contributed by atoms with E-state index >= 15 is 0 Å². The molecule has 0 radical (unpaired) electrons. The normalized spacial score (nSPS) is 20.5. The zero-order valence-electron chi connectivity index (χ0n) is 31.7. The van der Waals surface area contributed by atoms with Gasteiger partial charge in [-0.15, -0.1) is 23.5 Å². The number of likely N-dealkylation sites (N-methyl/N-ethyl adjacent to an activating group) is 1. The van der Waals surface area contributed by atoms with Crippen molar-refractivity contribution in [3.8, 4) is 0 Å². The molecule has 2 aromatic carbocycles.